The van der Waals surface area contributed by atoms with Crippen molar-refractivity contribution in [2.45, 2.75) is 50.9 Å². The third kappa shape index (κ3) is 5.47. The average Bonchev–Trinajstić information content (AvgIpc) is 2.26. The van der Waals surface area contributed by atoms with E-state index in [4.69, 9.17) is 0 Å². The zero-order chi connectivity index (χ0) is 14.7. The summed E-state index contributed by atoms with van der Waals surface area (Å²) in [5, 5.41) is 10.7. The van der Waals surface area contributed by atoms with Gasteiger partial charge in [-0.2, -0.15) is 0 Å². The summed E-state index contributed by atoms with van der Waals surface area (Å²) >= 11 is 0. The van der Waals surface area contributed by atoms with E-state index in [1.807, 2.05) is 30.3 Å². The molecule has 0 heterocycles. The molecule has 0 aliphatic rings. The molecule has 1 nitrogen and oxygen atoms in total. The van der Waals surface area contributed by atoms with Crippen LogP contribution in [0.3, 0.4) is 0 Å². The zero-order valence-electron chi connectivity index (χ0n) is 13.1. The molecule has 0 amide bonds. The highest BCUT2D eigenvalue weighted by atomic mass is 28.3. The largest absolute Gasteiger partial charge is 0.388 e. The lowest BCUT2D eigenvalue weighted by atomic mass is 10.1. The predicted molar refractivity (Wildman–Crippen MR) is 91.0 cm³/mol. The van der Waals surface area contributed by atoms with Gasteiger partial charge in [-0.25, -0.2) is 0 Å². The van der Waals surface area contributed by atoms with Crippen LogP contribution < -0.4 is 0 Å². The van der Waals surface area contributed by atoms with Gasteiger partial charge in [-0.3, -0.25) is 0 Å². The molecule has 1 rings (SSSR count). The molecule has 0 saturated carbocycles. The van der Waals surface area contributed by atoms with E-state index in [2.05, 4.69) is 51.1 Å². The van der Waals surface area contributed by atoms with Crippen LogP contribution in [0, 0.1) is 0 Å². The van der Waals surface area contributed by atoms with Gasteiger partial charge in [-0.1, -0.05) is 81.4 Å². The van der Waals surface area contributed by atoms with Crippen molar-refractivity contribution in [3.05, 3.63) is 47.7 Å². The van der Waals surface area contributed by atoms with Crippen LogP contribution in [0.5, 0.6) is 0 Å². The summed E-state index contributed by atoms with van der Waals surface area (Å²) in [4.78, 5) is 0. The van der Waals surface area contributed by atoms with Crippen LogP contribution in [0.1, 0.15) is 11.7 Å². The first-order valence-corrected chi connectivity index (χ1v) is 14.2. The minimum atomic E-state index is -1.45. The Hall–Kier alpha value is -0.646. The number of hydrogen-bond donors (Lipinski definition) is 1. The van der Waals surface area contributed by atoms with E-state index in [9.17, 15) is 5.11 Å². The number of aliphatic hydroxyl groups excluding tert-OH is 1. The Labute approximate surface area is 120 Å². The quantitative estimate of drug-likeness (QED) is 0.768. The summed E-state index contributed by atoms with van der Waals surface area (Å²) in [5.74, 6) is 0. The lowest BCUT2D eigenvalue weighted by Gasteiger charge is -2.31. The monoisotopic (exact) mass is 292 g/mol. The van der Waals surface area contributed by atoms with Crippen LogP contribution in [0.2, 0.25) is 44.8 Å². The number of aliphatic hydroxyl groups is 1. The Balaban J connectivity index is 3.02. The predicted octanol–water partition coefficient (Wildman–Crippen LogP) is 4.86. The van der Waals surface area contributed by atoms with Crippen molar-refractivity contribution in [3.8, 4) is 0 Å². The molecule has 1 aromatic carbocycles. The molecule has 0 spiro atoms. The van der Waals surface area contributed by atoms with Gasteiger partial charge in [-0.15, -0.1) is 0 Å². The second kappa shape index (κ2) is 6.20. The van der Waals surface area contributed by atoms with Gasteiger partial charge in [-0.05, 0) is 5.56 Å². The van der Waals surface area contributed by atoms with Crippen LogP contribution in [-0.4, -0.2) is 21.3 Å². The van der Waals surface area contributed by atoms with Crippen LogP contribution in [0.4, 0.5) is 0 Å². The lowest BCUT2D eigenvalue weighted by molar-refractivity contribution is 0.179. The second-order valence-corrected chi connectivity index (χ2v) is 17.9. The van der Waals surface area contributed by atoms with E-state index >= 15 is 0 Å². The Morgan fingerprint density at radius 3 is 1.89 bits per heavy atom. The average molecular weight is 293 g/mol. The number of hydrogen-bond acceptors (Lipinski definition) is 1. The fourth-order valence-corrected chi connectivity index (χ4v) is 4.91. The maximum atomic E-state index is 10.7. The van der Waals surface area contributed by atoms with Gasteiger partial charge < -0.3 is 5.11 Å². The number of rotatable bonds is 5. The lowest BCUT2D eigenvalue weighted by Crippen LogP contribution is -2.32. The van der Waals surface area contributed by atoms with Crippen molar-refractivity contribution in [1.82, 2.24) is 0 Å². The molecule has 2 atom stereocenters. The summed E-state index contributed by atoms with van der Waals surface area (Å²) in [5.41, 5.74) is 3.69. The molecule has 0 aromatic heterocycles. The molecule has 0 fully saturated rings. The Bertz CT molecular complexity index is 413. The standard InChI is InChI=1S/C16H28OSi2/c1-18(2,3)13-12-15(19(4,5)6)16(17)14-10-8-7-9-11-14/h7-13,15-17H,1-6H3/b13-12+/t15-,16+/m0/s1. The maximum Gasteiger partial charge on any atom is 0.0828 e. The van der Waals surface area contributed by atoms with Gasteiger partial charge in [0.25, 0.3) is 0 Å². The van der Waals surface area contributed by atoms with Crippen molar-refractivity contribution in [3.63, 3.8) is 0 Å². The molecular weight excluding hydrogens is 264 g/mol. The summed E-state index contributed by atoms with van der Waals surface area (Å²) in [6.07, 6.45) is 1.93. The fourth-order valence-electron chi connectivity index (χ4n) is 2.12. The third-order valence-electron chi connectivity index (χ3n) is 3.28. The minimum Gasteiger partial charge on any atom is -0.388 e. The highest BCUT2D eigenvalue weighted by molar-refractivity contribution is 6.81. The van der Waals surface area contributed by atoms with Gasteiger partial charge in [0, 0.05) is 5.54 Å². The molecule has 0 bridgehead atoms. The van der Waals surface area contributed by atoms with Crippen molar-refractivity contribution in [2.24, 2.45) is 0 Å². The highest BCUT2D eigenvalue weighted by Crippen LogP contribution is 2.36. The van der Waals surface area contributed by atoms with Gasteiger partial charge in [0.15, 0.2) is 0 Å². The highest BCUT2D eigenvalue weighted by Gasteiger charge is 2.31. The smallest absolute Gasteiger partial charge is 0.0828 e. The number of benzene rings is 1. The van der Waals surface area contributed by atoms with Crippen molar-refractivity contribution in [1.29, 1.82) is 0 Å². The topological polar surface area (TPSA) is 20.2 Å². The first-order valence-electron chi connectivity index (χ1n) is 7.03. The molecule has 0 saturated heterocycles. The van der Waals surface area contributed by atoms with Gasteiger partial charge in [0.05, 0.1) is 22.3 Å². The maximum absolute atomic E-state index is 10.7. The Morgan fingerprint density at radius 1 is 0.947 bits per heavy atom. The first-order chi connectivity index (χ1) is 8.61. The van der Waals surface area contributed by atoms with Gasteiger partial charge in [0.2, 0.25) is 0 Å². The Kier molecular flexibility index (Phi) is 5.36. The molecule has 0 radical (unpaired) electrons. The van der Waals surface area contributed by atoms with E-state index in [0.717, 1.165) is 5.56 Å². The van der Waals surface area contributed by atoms with Gasteiger partial charge >= 0.3 is 0 Å². The van der Waals surface area contributed by atoms with Crippen molar-refractivity contribution in [2.75, 3.05) is 0 Å². The SMILES string of the molecule is C[Si](C)(C)/C=C/[C@@H]([C@H](O)c1ccccc1)[Si](C)(C)C. The third-order valence-corrected chi connectivity index (χ3v) is 6.99. The second-order valence-electron chi connectivity index (χ2n) is 7.47. The van der Waals surface area contributed by atoms with Crippen LogP contribution >= 0.6 is 0 Å². The molecule has 1 aromatic rings. The molecule has 0 aliphatic carbocycles. The molecule has 0 aliphatic heterocycles. The molecule has 1 N–H and O–H groups in total. The normalized spacial score (nSPS) is 16.6. The summed E-state index contributed by atoms with van der Waals surface area (Å²) < 4.78 is 0. The van der Waals surface area contributed by atoms with Crippen molar-refractivity contribution >= 4 is 16.1 Å². The molecule has 19 heavy (non-hydrogen) atoms. The fraction of sp³-hybridized carbons (Fsp3) is 0.500. The van der Waals surface area contributed by atoms with E-state index in [1.54, 1.807) is 0 Å². The summed E-state index contributed by atoms with van der Waals surface area (Å²) in [6, 6.07) is 10.1. The molecule has 106 valence electrons. The van der Waals surface area contributed by atoms with Crippen LogP contribution in [-0.2, 0) is 0 Å². The molecular formula is C16H28OSi2. The van der Waals surface area contributed by atoms with E-state index < -0.39 is 16.1 Å². The van der Waals surface area contributed by atoms with Crippen molar-refractivity contribution < 1.29 is 5.11 Å². The zero-order valence-corrected chi connectivity index (χ0v) is 15.1. The molecule has 0 unspecified atom stereocenters. The summed E-state index contributed by atoms with van der Waals surface area (Å²) in [7, 11) is -2.66. The minimum absolute atomic E-state index is 0.279. The first kappa shape index (κ1) is 16.4. The Morgan fingerprint density at radius 2 is 1.47 bits per heavy atom. The van der Waals surface area contributed by atoms with E-state index in [-0.39, 0.29) is 11.6 Å². The van der Waals surface area contributed by atoms with Crippen LogP contribution in [0.25, 0.3) is 0 Å². The van der Waals surface area contributed by atoms with Gasteiger partial charge in [0.1, 0.15) is 0 Å². The van der Waals surface area contributed by atoms with Crippen LogP contribution in [0.15, 0.2) is 42.1 Å². The van der Waals surface area contributed by atoms with E-state index in [0.29, 0.717) is 0 Å². The molecule has 3 heteroatoms. The summed E-state index contributed by atoms with van der Waals surface area (Å²) in [6.45, 7) is 14.0. The van der Waals surface area contributed by atoms with E-state index in [1.165, 1.54) is 0 Å².